The standard InChI is InChI=1S/C16H24N2O3/c1-20-13-6-5-12(9-14(13)21-2)10-15(19)18-16(11-17)7-3-4-8-16/h5-6,9H,3-4,7-8,10-11,17H2,1-2H3,(H,18,19). The molecule has 1 saturated carbocycles. The molecule has 0 spiro atoms. The SMILES string of the molecule is COc1ccc(CC(=O)NC2(CN)CCCC2)cc1OC. The zero-order valence-electron chi connectivity index (χ0n) is 12.8. The lowest BCUT2D eigenvalue weighted by Crippen LogP contribution is -2.52. The van der Waals surface area contributed by atoms with E-state index in [1.54, 1.807) is 14.2 Å². The fraction of sp³-hybridized carbons (Fsp3) is 0.562. The number of carbonyl (C=O) groups is 1. The second kappa shape index (κ2) is 6.80. The first kappa shape index (κ1) is 15.6. The molecule has 0 heterocycles. The molecule has 116 valence electrons. The highest BCUT2D eigenvalue weighted by Crippen LogP contribution is 2.30. The number of nitrogens with one attached hydrogen (secondary N) is 1. The fourth-order valence-electron chi connectivity index (χ4n) is 2.95. The van der Waals surface area contributed by atoms with Crippen molar-refractivity contribution < 1.29 is 14.3 Å². The lowest BCUT2D eigenvalue weighted by atomic mass is 9.97. The molecule has 0 bridgehead atoms. The van der Waals surface area contributed by atoms with Crippen molar-refractivity contribution in [1.29, 1.82) is 0 Å². The van der Waals surface area contributed by atoms with Gasteiger partial charge in [0.15, 0.2) is 11.5 Å². The van der Waals surface area contributed by atoms with Gasteiger partial charge >= 0.3 is 0 Å². The first-order valence-corrected chi connectivity index (χ1v) is 7.34. The number of amides is 1. The Morgan fingerprint density at radius 3 is 2.48 bits per heavy atom. The monoisotopic (exact) mass is 292 g/mol. The average molecular weight is 292 g/mol. The maximum absolute atomic E-state index is 12.2. The lowest BCUT2D eigenvalue weighted by Gasteiger charge is -2.28. The predicted molar refractivity (Wildman–Crippen MR) is 81.6 cm³/mol. The normalized spacial score (nSPS) is 16.5. The van der Waals surface area contributed by atoms with Crippen molar-refractivity contribution in [3.8, 4) is 11.5 Å². The molecular weight excluding hydrogens is 268 g/mol. The summed E-state index contributed by atoms with van der Waals surface area (Å²) in [5.74, 6) is 1.31. The lowest BCUT2D eigenvalue weighted by molar-refractivity contribution is -0.122. The van der Waals surface area contributed by atoms with Crippen LogP contribution in [-0.2, 0) is 11.2 Å². The summed E-state index contributed by atoms with van der Waals surface area (Å²) >= 11 is 0. The van der Waals surface area contributed by atoms with Gasteiger partial charge in [-0.05, 0) is 30.5 Å². The number of hydrogen-bond acceptors (Lipinski definition) is 4. The Morgan fingerprint density at radius 2 is 1.90 bits per heavy atom. The number of nitrogens with two attached hydrogens (primary N) is 1. The Balaban J connectivity index is 2.02. The summed E-state index contributed by atoms with van der Waals surface area (Å²) in [6, 6.07) is 5.53. The molecule has 0 unspecified atom stereocenters. The van der Waals surface area contributed by atoms with E-state index < -0.39 is 0 Å². The molecule has 2 rings (SSSR count). The van der Waals surface area contributed by atoms with Crippen molar-refractivity contribution in [3.05, 3.63) is 23.8 Å². The second-order valence-electron chi connectivity index (χ2n) is 5.61. The van der Waals surface area contributed by atoms with Crippen LogP contribution in [0.15, 0.2) is 18.2 Å². The third kappa shape index (κ3) is 3.67. The summed E-state index contributed by atoms with van der Waals surface area (Å²) in [4.78, 5) is 12.2. The smallest absolute Gasteiger partial charge is 0.224 e. The minimum Gasteiger partial charge on any atom is -0.493 e. The molecule has 1 aliphatic rings. The molecule has 5 nitrogen and oxygen atoms in total. The highest BCUT2D eigenvalue weighted by molar-refractivity contribution is 5.79. The van der Waals surface area contributed by atoms with Gasteiger partial charge in [-0.2, -0.15) is 0 Å². The fourth-order valence-corrected chi connectivity index (χ4v) is 2.95. The molecule has 1 aromatic rings. The second-order valence-corrected chi connectivity index (χ2v) is 5.61. The van der Waals surface area contributed by atoms with E-state index in [1.807, 2.05) is 18.2 Å². The number of hydrogen-bond donors (Lipinski definition) is 2. The van der Waals surface area contributed by atoms with Crippen LogP contribution in [0.2, 0.25) is 0 Å². The van der Waals surface area contributed by atoms with Gasteiger partial charge in [0.25, 0.3) is 0 Å². The maximum atomic E-state index is 12.2. The van der Waals surface area contributed by atoms with Gasteiger partial charge in [-0.15, -0.1) is 0 Å². The summed E-state index contributed by atoms with van der Waals surface area (Å²) < 4.78 is 10.5. The van der Waals surface area contributed by atoms with Gasteiger partial charge in [-0.1, -0.05) is 18.9 Å². The predicted octanol–water partition coefficient (Wildman–Crippen LogP) is 1.63. The van der Waals surface area contributed by atoms with Crippen molar-refractivity contribution in [2.75, 3.05) is 20.8 Å². The number of carbonyl (C=O) groups excluding carboxylic acids is 1. The Hall–Kier alpha value is -1.75. The van der Waals surface area contributed by atoms with Crippen LogP contribution in [0.4, 0.5) is 0 Å². The van der Waals surface area contributed by atoms with Crippen molar-refractivity contribution in [2.45, 2.75) is 37.6 Å². The Morgan fingerprint density at radius 1 is 1.24 bits per heavy atom. The van der Waals surface area contributed by atoms with E-state index in [1.165, 1.54) is 0 Å². The summed E-state index contributed by atoms with van der Waals surface area (Å²) in [7, 11) is 3.18. The highest BCUT2D eigenvalue weighted by atomic mass is 16.5. The molecule has 3 N–H and O–H groups in total. The Kier molecular flexibility index (Phi) is 5.07. The van der Waals surface area contributed by atoms with Crippen LogP contribution in [0.3, 0.4) is 0 Å². The van der Waals surface area contributed by atoms with Gasteiger partial charge in [0.2, 0.25) is 5.91 Å². The molecule has 5 heteroatoms. The van der Waals surface area contributed by atoms with Crippen LogP contribution < -0.4 is 20.5 Å². The van der Waals surface area contributed by atoms with E-state index in [-0.39, 0.29) is 11.4 Å². The van der Waals surface area contributed by atoms with Crippen LogP contribution >= 0.6 is 0 Å². The highest BCUT2D eigenvalue weighted by Gasteiger charge is 2.33. The molecule has 0 saturated heterocycles. The van der Waals surface area contributed by atoms with Crippen LogP contribution in [0.25, 0.3) is 0 Å². The molecule has 0 aliphatic heterocycles. The van der Waals surface area contributed by atoms with Crippen LogP contribution in [0.1, 0.15) is 31.2 Å². The van der Waals surface area contributed by atoms with E-state index in [2.05, 4.69) is 5.32 Å². The maximum Gasteiger partial charge on any atom is 0.224 e. The van der Waals surface area contributed by atoms with Gasteiger partial charge in [0, 0.05) is 6.54 Å². The molecule has 0 aromatic heterocycles. The van der Waals surface area contributed by atoms with Crippen molar-refractivity contribution >= 4 is 5.91 Å². The molecular formula is C16H24N2O3. The van der Waals surface area contributed by atoms with E-state index in [0.717, 1.165) is 31.2 Å². The summed E-state index contributed by atoms with van der Waals surface area (Å²) in [5.41, 5.74) is 6.54. The number of methoxy groups -OCH3 is 2. The van der Waals surface area contributed by atoms with Gasteiger partial charge in [0.05, 0.1) is 26.2 Å². The van der Waals surface area contributed by atoms with Crippen LogP contribution in [-0.4, -0.2) is 32.2 Å². The Labute approximate surface area is 125 Å². The van der Waals surface area contributed by atoms with Crippen molar-refractivity contribution in [3.63, 3.8) is 0 Å². The van der Waals surface area contributed by atoms with E-state index in [9.17, 15) is 4.79 Å². The van der Waals surface area contributed by atoms with E-state index in [4.69, 9.17) is 15.2 Å². The molecule has 1 aliphatic carbocycles. The minimum absolute atomic E-state index is 0.00886. The molecule has 21 heavy (non-hydrogen) atoms. The third-order valence-corrected chi connectivity index (χ3v) is 4.17. The zero-order valence-corrected chi connectivity index (χ0v) is 12.8. The third-order valence-electron chi connectivity index (χ3n) is 4.17. The van der Waals surface area contributed by atoms with Gasteiger partial charge in [-0.25, -0.2) is 0 Å². The van der Waals surface area contributed by atoms with E-state index >= 15 is 0 Å². The van der Waals surface area contributed by atoms with Gasteiger partial charge in [0.1, 0.15) is 0 Å². The summed E-state index contributed by atoms with van der Waals surface area (Å²) in [5, 5.41) is 3.12. The molecule has 1 aromatic carbocycles. The molecule has 0 radical (unpaired) electrons. The van der Waals surface area contributed by atoms with Gasteiger partial charge in [-0.3, -0.25) is 4.79 Å². The average Bonchev–Trinajstić information content (AvgIpc) is 2.96. The molecule has 0 atom stereocenters. The van der Waals surface area contributed by atoms with Crippen molar-refractivity contribution in [1.82, 2.24) is 5.32 Å². The first-order chi connectivity index (χ1) is 10.1. The zero-order chi connectivity index (χ0) is 15.3. The van der Waals surface area contributed by atoms with Crippen LogP contribution in [0, 0.1) is 0 Å². The Bertz CT molecular complexity index is 496. The topological polar surface area (TPSA) is 73.6 Å². The quantitative estimate of drug-likeness (QED) is 0.836. The number of benzene rings is 1. The largest absolute Gasteiger partial charge is 0.493 e. The minimum atomic E-state index is -0.201. The first-order valence-electron chi connectivity index (χ1n) is 7.34. The van der Waals surface area contributed by atoms with Gasteiger partial charge < -0.3 is 20.5 Å². The molecule has 1 fully saturated rings. The van der Waals surface area contributed by atoms with Crippen LogP contribution in [0.5, 0.6) is 11.5 Å². The summed E-state index contributed by atoms with van der Waals surface area (Å²) in [6.45, 7) is 0.505. The number of ether oxygens (including phenoxy) is 2. The van der Waals surface area contributed by atoms with Crippen molar-refractivity contribution in [2.24, 2.45) is 5.73 Å². The molecule has 1 amide bonds. The summed E-state index contributed by atoms with van der Waals surface area (Å²) in [6.07, 6.45) is 4.53. The van der Waals surface area contributed by atoms with E-state index in [0.29, 0.717) is 24.5 Å². The number of rotatable bonds is 6.